The van der Waals surface area contributed by atoms with Crippen LogP contribution in [0, 0.1) is 16.0 Å². The van der Waals surface area contributed by atoms with Gasteiger partial charge in [0.2, 0.25) is 5.91 Å². The number of carbonyl (C=O) groups is 1. The molecule has 33 heavy (non-hydrogen) atoms. The van der Waals surface area contributed by atoms with E-state index in [0.717, 1.165) is 17.2 Å². The molecule has 0 radical (unpaired) electrons. The number of carbonyl (C=O) groups excluding carboxylic acids is 1. The number of ether oxygens (including phenoxy) is 1. The molecule has 0 bridgehead atoms. The van der Waals surface area contributed by atoms with Crippen LogP contribution in [0.5, 0.6) is 11.5 Å². The van der Waals surface area contributed by atoms with Crippen molar-refractivity contribution in [2.75, 3.05) is 6.61 Å². The number of hydrogen-bond acceptors (Lipinski definition) is 6. The van der Waals surface area contributed by atoms with Crippen molar-refractivity contribution in [3.63, 3.8) is 0 Å². The van der Waals surface area contributed by atoms with Crippen molar-refractivity contribution in [2.45, 2.75) is 18.8 Å². The Hall–Kier alpha value is -4.20. The van der Waals surface area contributed by atoms with E-state index in [9.17, 15) is 20.0 Å². The number of amides is 1. The molecule has 0 aliphatic heterocycles. The predicted octanol–water partition coefficient (Wildman–Crippen LogP) is 4.16. The van der Waals surface area contributed by atoms with Crippen LogP contribution in [0.4, 0.5) is 5.69 Å². The minimum absolute atomic E-state index is 0.0196. The van der Waals surface area contributed by atoms with Crippen LogP contribution in [0.2, 0.25) is 0 Å². The molecule has 0 unspecified atom stereocenters. The van der Waals surface area contributed by atoms with Crippen LogP contribution in [0.1, 0.15) is 30.0 Å². The fourth-order valence-electron chi connectivity index (χ4n) is 4.18. The van der Waals surface area contributed by atoms with E-state index >= 15 is 0 Å². The molecule has 1 atom stereocenters. The summed E-state index contributed by atoms with van der Waals surface area (Å²) in [5, 5.41) is 25.5. The van der Waals surface area contributed by atoms with Crippen molar-refractivity contribution >= 4 is 17.8 Å². The molecule has 1 aliphatic rings. The maximum Gasteiger partial charge on any atom is 0.274 e. The van der Waals surface area contributed by atoms with Crippen molar-refractivity contribution in [2.24, 2.45) is 11.0 Å². The first-order chi connectivity index (χ1) is 16.0. The van der Waals surface area contributed by atoms with Crippen molar-refractivity contribution < 1.29 is 19.6 Å². The zero-order valence-electron chi connectivity index (χ0n) is 18.0. The highest BCUT2D eigenvalue weighted by molar-refractivity contribution is 5.89. The first-order valence-corrected chi connectivity index (χ1v) is 10.6. The number of hydrazone groups is 1. The summed E-state index contributed by atoms with van der Waals surface area (Å²) in [6.07, 6.45) is 1.82. The fraction of sp³-hybridized carbons (Fsp3) is 0.200. The lowest BCUT2D eigenvalue weighted by Crippen LogP contribution is -2.25. The number of non-ortho nitro benzene ring substituents is 1. The van der Waals surface area contributed by atoms with E-state index in [1.54, 1.807) is 6.92 Å². The highest BCUT2D eigenvalue weighted by atomic mass is 16.6. The Morgan fingerprint density at radius 2 is 1.79 bits per heavy atom. The molecule has 3 aromatic rings. The van der Waals surface area contributed by atoms with Crippen LogP contribution in [0.3, 0.4) is 0 Å². The summed E-state index contributed by atoms with van der Waals surface area (Å²) >= 11 is 0. The number of hydrogen-bond donors (Lipinski definition) is 2. The van der Waals surface area contributed by atoms with Gasteiger partial charge in [0.05, 0.1) is 29.7 Å². The number of rotatable bonds is 8. The van der Waals surface area contributed by atoms with Gasteiger partial charge in [-0.15, -0.1) is 0 Å². The summed E-state index contributed by atoms with van der Waals surface area (Å²) in [5.41, 5.74) is 4.02. The zero-order valence-corrected chi connectivity index (χ0v) is 18.0. The minimum atomic E-state index is -0.587. The number of aromatic hydroxyl groups is 1. The number of nitrogens with one attached hydrogen (secondary N) is 1. The Bertz CT molecular complexity index is 1160. The zero-order chi connectivity index (χ0) is 23.4. The summed E-state index contributed by atoms with van der Waals surface area (Å²) < 4.78 is 5.27. The Labute approximate surface area is 190 Å². The highest BCUT2D eigenvalue weighted by Crippen LogP contribution is 2.58. The average Bonchev–Trinajstić information content (AvgIpc) is 3.59. The van der Waals surface area contributed by atoms with Gasteiger partial charge in [0, 0.05) is 17.0 Å². The minimum Gasteiger partial charge on any atom is -0.504 e. The summed E-state index contributed by atoms with van der Waals surface area (Å²) in [5.74, 6) is -0.894. The fourth-order valence-corrected chi connectivity index (χ4v) is 4.18. The van der Waals surface area contributed by atoms with Crippen LogP contribution in [0.25, 0.3) is 0 Å². The summed E-state index contributed by atoms with van der Waals surface area (Å²) in [4.78, 5) is 23.6. The lowest BCUT2D eigenvalue weighted by Gasteiger charge is -2.18. The Morgan fingerprint density at radius 1 is 1.18 bits per heavy atom. The van der Waals surface area contributed by atoms with Crippen molar-refractivity contribution in [3.05, 3.63) is 99.6 Å². The number of phenols is 1. The summed E-state index contributed by atoms with van der Waals surface area (Å²) in [6.45, 7) is 1.93. The van der Waals surface area contributed by atoms with E-state index in [0.29, 0.717) is 6.42 Å². The maximum atomic E-state index is 13.0. The maximum absolute atomic E-state index is 13.0. The highest BCUT2D eigenvalue weighted by Gasteiger charge is 2.60. The van der Waals surface area contributed by atoms with E-state index in [-0.39, 0.29) is 41.2 Å². The number of nitrogens with zero attached hydrogens (tertiary/aromatic N) is 2. The van der Waals surface area contributed by atoms with Crippen LogP contribution < -0.4 is 10.2 Å². The molecular formula is C25H23N3O5. The standard InChI is InChI=1S/C25H23N3O5/c1-2-33-22-14-20(28(31)32)13-17(23(22)29)16-26-27-24(30)21-15-25(21,18-9-5-3-6-10-18)19-11-7-4-8-12-19/h3-14,16,21,29H,2,15H2,1H3,(H,27,30)/b26-16+/t21-/m1/s1. The molecule has 4 rings (SSSR count). The number of phenolic OH excluding ortho intramolecular Hbond substituents is 1. The Morgan fingerprint density at radius 3 is 2.33 bits per heavy atom. The van der Waals surface area contributed by atoms with Gasteiger partial charge in [0.1, 0.15) is 0 Å². The molecule has 3 aromatic carbocycles. The predicted molar refractivity (Wildman–Crippen MR) is 123 cm³/mol. The quantitative estimate of drug-likeness (QED) is 0.307. The third-order valence-corrected chi connectivity index (χ3v) is 5.83. The Balaban J connectivity index is 1.56. The molecule has 8 nitrogen and oxygen atoms in total. The van der Waals surface area contributed by atoms with Gasteiger partial charge in [-0.2, -0.15) is 5.10 Å². The van der Waals surface area contributed by atoms with Gasteiger partial charge < -0.3 is 9.84 Å². The molecular weight excluding hydrogens is 422 g/mol. The SMILES string of the molecule is CCOc1cc([N+](=O)[O-])cc(/C=N/NC(=O)[C@H]2CC2(c2ccccc2)c2ccccc2)c1O. The molecule has 1 saturated carbocycles. The van der Waals surface area contributed by atoms with Crippen molar-refractivity contribution in [1.82, 2.24) is 5.43 Å². The van der Waals surface area contributed by atoms with E-state index in [2.05, 4.69) is 10.5 Å². The molecule has 1 amide bonds. The summed E-state index contributed by atoms with van der Waals surface area (Å²) in [6, 6.07) is 22.0. The molecule has 0 saturated heterocycles. The first-order valence-electron chi connectivity index (χ1n) is 10.6. The Kier molecular flexibility index (Phi) is 6.08. The molecule has 1 aliphatic carbocycles. The van der Waals surface area contributed by atoms with Crippen molar-refractivity contribution in [1.29, 1.82) is 0 Å². The van der Waals surface area contributed by atoms with Crippen LogP contribution in [-0.4, -0.2) is 28.8 Å². The van der Waals surface area contributed by atoms with E-state index in [1.165, 1.54) is 12.3 Å². The third-order valence-electron chi connectivity index (χ3n) is 5.83. The van der Waals surface area contributed by atoms with Gasteiger partial charge in [0.15, 0.2) is 11.5 Å². The van der Waals surface area contributed by atoms with Crippen LogP contribution in [0.15, 0.2) is 77.9 Å². The van der Waals surface area contributed by atoms with E-state index in [4.69, 9.17) is 4.74 Å². The second-order valence-corrected chi connectivity index (χ2v) is 7.77. The monoisotopic (exact) mass is 445 g/mol. The molecule has 168 valence electrons. The van der Waals surface area contributed by atoms with Gasteiger partial charge in [0.25, 0.3) is 5.69 Å². The smallest absolute Gasteiger partial charge is 0.274 e. The van der Waals surface area contributed by atoms with Gasteiger partial charge in [-0.3, -0.25) is 14.9 Å². The molecule has 0 spiro atoms. The van der Waals surface area contributed by atoms with Gasteiger partial charge in [-0.05, 0) is 24.5 Å². The molecule has 2 N–H and O–H groups in total. The summed E-state index contributed by atoms with van der Waals surface area (Å²) in [7, 11) is 0. The normalized spacial score (nSPS) is 16.3. The number of nitro benzene ring substituents is 1. The van der Waals surface area contributed by atoms with Gasteiger partial charge in [-0.1, -0.05) is 60.7 Å². The molecule has 1 fully saturated rings. The van der Waals surface area contributed by atoms with Crippen LogP contribution >= 0.6 is 0 Å². The molecule has 0 heterocycles. The lowest BCUT2D eigenvalue weighted by atomic mass is 9.85. The molecule has 0 aromatic heterocycles. The second kappa shape index (κ2) is 9.12. The van der Waals surface area contributed by atoms with Gasteiger partial charge >= 0.3 is 0 Å². The van der Waals surface area contributed by atoms with Gasteiger partial charge in [-0.25, -0.2) is 5.43 Å². The second-order valence-electron chi connectivity index (χ2n) is 7.77. The number of benzene rings is 3. The van der Waals surface area contributed by atoms with Crippen LogP contribution in [-0.2, 0) is 10.2 Å². The van der Waals surface area contributed by atoms with E-state index in [1.807, 2.05) is 60.7 Å². The average molecular weight is 445 g/mol. The number of nitro groups is 1. The van der Waals surface area contributed by atoms with Crippen molar-refractivity contribution in [3.8, 4) is 11.5 Å². The lowest BCUT2D eigenvalue weighted by molar-refractivity contribution is -0.385. The molecule has 8 heteroatoms. The largest absolute Gasteiger partial charge is 0.504 e. The van der Waals surface area contributed by atoms with E-state index < -0.39 is 10.3 Å². The topological polar surface area (TPSA) is 114 Å². The first kappa shape index (κ1) is 22.0. The third kappa shape index (κ3) is 4.27.